The van der Waals surface area contributed by atoms with Gasteiger partial charge in [-0.2, -0.15) is 0 Å². The lowest BCUT2D eigenvalue weighted by atomic mass is 9.98. The Bertz CT molecular complexity index is 3580. The van der Waals surface area contributed by atoms with Gasteiger partial charge < -0.3 is 4.57 Å². The van der Waals surface area contributed by atoms with Crippen LogP contribution < -0.4 is 0 Å². The zero-order chi connectivity index (χ0) is 38.9. The standard InChI is InChI=1S/C55H34N4/c1-4-12-36(13-5-1)48-29-26-39-24-25-40-27-30-49(57-55(40)54(39)56-48)37-22-20-35(21-23-37)41-28-31-51-46(32-41)47-33-50-45(34-52(47)59(51)42-16-8-3-9-17-42)43-18-10-11-19-44(43)53(58-50)38-14-6-2-7-15-38/h1-34H. The fourth-order valence-corrected chi connectivity index (χ4v) is 8.85. The molecule has 0 atom stereocenters. The molecule has 0 unspecified atom stereocenters. The number of aromatic nitrogens is 4. The fourth-order valence-electron chi connectivity index (χ4n) is 8.85. The molecule has 0 aliphatic carbocycles. The van der Waals surface area contributed by atoms with Crippen molar-refractivity contribution in [2.75, 3.05) is 0 Å². The first-order valence-electron chi connectivity index (χ1n) is 20.0. The van der Waals surface area contributed by atoms with Crippen LogP contribution in [0.15, 0.2) is 206 Å². The number of benzene rings is 8. The van der Waals surface area contributed by atoms with Crippen molar-refractivity contribution in [3.8, 4) is 50.6 Å². The molecule has 0 bridgehead atoms. The summed E-state index contributed by atoms with van der Waals surface area (Å²) in [5, 5.41) is 8.01. The summed E-state index contributed by atoms with van der Waals surface area (Å²) in [7, 11) is 0. The van der Waals surface area contributed by atoms with Crippen molar-refractivity contribution < 1.29 is 0 Å². The molecule has 0 saturated heterocycles. The van der Waals surface area contributed by atoms with Gasteiger partial charge in [-0.1, -0.05) is 158 Å². The zero-order valence-electron chi connectivity index (χ0n) is 31.9. The average Bonchev–Trinajstić information content (AvgIpc) is 3.63. The van der Waals surface area contributed by atoms with Crippen molar-refractivity contribution in [1.29, 1.82) is 0 Å². The number of para-hydroxylation sites is 1. The smallest absolute Gasteiger partial charge is 0.0972 e. The summed E-state index contributed by atoms with van der Waals surface area (Å²) in [5.74, 6) is 0. The molecule has 0 amide bonds. The molecule has 274 valence electrons. The molecule has 4 aromatic heterocycles. The van der Waals surface area contributed by atoms with Crippen molar-refractivity contribution in [2.24, 2.45) is 0 Å². The first-order chi connectivity index (χ1) is 29.2. The summed E-state index contributed by atoms with van der Waals surface area (Å²) < 4.78 is 2.39. The minimum Gasteiger partial charge on any atom is -0.309 e. The minimum absolute atomic E-state index is 0.910. The molecular formula is C55H34N4. The number of hydrogen-bond acceptors (Lipinski definition) is 3. The van der Waals surface area contributed by atoms with Gasteiger partial charge in [0.05, 0.1) is 44.7 Å². The van der Waals surface area contributed by atoms with Crippen LogP contribution in [0.2, 0.25) is 0 Å². The highest BCUT2D eigenvalue weighted by Crippen LogP contribution is 2.40. The first kappa shape index (κ1) is 33.2. The van der Waals surface area contributed by atoms with Gasteiger partial charge in [0.15, 0.2) is 0 Å². The molecule has 0 aliphatic heterocycles. The van der Waals surface area contributed by atoms with Crippen molar-refractivity contribution in [3.63, 3.8) is 0 Å². The Morgan fingerprint density at radius 2 is 0.831 bits per heavy atom. The van der Waals surface area contributed by atoms with E-state index in [4.69, 9.17) is 15.0 Å². The van der Waals surface area contributed by atoms with E-state index in [0.29, 0.717) is 0 Å². The van der Waals surface area contributed by atoms with E-state index in [-0.39, 0.29) is 0 Å². The van der Waals surface area contributed by atoms with E-state index >= 15 is 0 Å². The molecule has 0 N–H and O–H groups in total. The summed E-state index contributed by atoms with van der Waals surface area (Å²) >= 11 is 0. The van der Waals surface area contributed by atoms with Crippen LogP contribution in [-0.2, 0) is 0 Å². The molecule has 4 heterocycles. The molecule has 8 aromatic carbocycles. The van der Waals surface area contributed by atoms with Gasteiger partial charge in [-0.3, -0.25) is 0 Å². The maximum absolute atomic E-state index is 5.37. The van der Waals surface area contributed by atoms with Crippen molar-refractivity contribution >= 4 is 65.3 Å². The first-order valence-corrected chi connectivity index (χ1v) is 20.0. The van der Waals surface area contributed by atoms with E-state index in [2.05, 4.69) is 193 Å². The molecule has 12 aromatic rings. The van der Waals surface area contributed by atoms with E-state index in [1.165, 1.54) is 16.2 Å². The van der Waals surface area contributed by atoms with Crippen molar-refractivity contribution in [3.05, 3.63) is 206 Å². The SMILES string of the molecule is c1ccc(-c2ccc3ccc4ccc(-c5ccc(-c6ccc7c(c6)c6cc8nc(-c9ccccc9)c9ccccc9c8cc6n7-c6ccccc6)cc5)nc4c3n2)cc1. The molecular weight excluding hydrogens is 717 g/mol. The second kappa shape index (κ2) is 13.3. The summed E-state index contributed by atoms with van der Waals surface area (Å²) in [6, 6.07) is 73.2. The Morgan fingerprint density at radius 3 is 1.51 bits per heavy atom. The van der Waals surface area contributed by atoms with Gasteiger partial charge in [0.2, 0.25) is 0 Å². The topological polar surface area (TPSA) is 43.6 Å². The Morgan fingerprint density at radius 1 is 0.305 bits per heavy atom. The molecule has 0 spiro atoms. The lowest BCUT2D eigenvalue weighted by Gasteiger charge is -2.12. The third-order valence-corrected chi connectivity index (χ3v) is 11.8. The molecule has 0 radical (unpaired) electrons. The Kier molecular flexibility index (Phi) is 7.50. The molecule has 0 fully saturated rings. The summed E-state index contributed by atoms with van der Waals surface area (Å²) in [4.78, 5) is 15.7. The lowest BCUT2D eigenvalue weighted by molar-refractivity contribution is 1.18. The zero-order valence-corrected chi connectivity index (χ0v) is 31.9. The Balaban J connectivity index is 0.990. The second-order valence-corrected chi connectivity index (χ2v) is 15.2. The third kappa shape index (κ3) is 5.49. The normalized spacial score (nSPS) is 11.7. The second-order valence-electron chi connectivity index (χ2n) is 15.2. The van der Waals surface area contributed by atoms with E-state index in [1.807, 2.05) is 18.2 Å². The van der Waals surface area contributed by atoms with Crippen LogP contribution in [0.5, 0.6) is 0 Å². The summed E-state index contributed by atoms with van der Waals surface area (Å²) in [6.45, 7) is 0. The van der Waals surface area contributed by atoms with Crippen LogP contribution in [0.4, 0.5) is 0 Å². The molecule has 4 heteroatoms. The highest BCUT2D eigenvalue weighted by atomic mass is 15.0. The Labute approximate surface area is 340 Å². The number of fused-ring (bicyclic) bond motifs is 9. The maximum atomic E-state index is 5.37. The van der Waals surface area contributed by atoms with Crippen LogP contribution in [0.25, 0.3) is 116 Å². The van der Waals surface area contributed by atoms with Crippen LogP contribution in [0.3, 0.4) is 0 Å². The van der Waals surface area contributed by atoms with E-state index in [1.54, 1.807) is 0 Å². The summed E-state index contributed by atoms with van der Waals surface area (Å²) in [5.41, 5.74) is 14.7. The maximum Gasteiger partial charge on any atom is 0.0972 e. The van der Waals surface area contributed by atoms with Gasteiger partial charge in [0, 0.05) is 54.7 Å². The van der Waals surface area contributed by atoms with E-state index in [9.17, 15) is 0 Å². The predicted octanol–water partition coefficient (Wildman–Crippen LogP) is 14.2. The predicted molar refractivity (Wildman–Crippen MR) is 246 cm³/mol. The minimum atomic E-state index is 0.910. The molecule has 0 saturated carbocycles. The van der Waals surface area contributed by atoms with Crippen molar-refractivity contribution in [1.82, 2.24) is 19.5 Å². The van der Waals surface area contributed by atoms with E-state index < -0.39 is 0 Å². The molecule has 4 nitrogen and oxygen atoms in total. The third-order valence-electron chi connectivity index (χ3n) is 11.8. The van der Waals surface area contributed by atoms with Gasteiger partial charge in [0.25, 0.3) is 0 Å². The summed E-state index contributed by atoms with van der Waals surface area (Å²) in [6.07, 6.45) is 0. The van der Waals surface area contributed by atoms with Gasteiger partial charge in [-0.05, 0) is 65.0 Å². The van der Waals surface area contributed by atoms with Gasteiger partial charge >= 0.3 is 0 Å². The fraction of sp³-hybridized carbons (Fsp3) is 0. The van der Waals surface area contributed by atoms with Crippen LogP contribution >= 0.6 is 0 Å². The van der Waals surface area contributed by atoms with Crippen molar-refractivity contribution in [2.45, 2.75) is 0 Å². The van der Waals surface area contributed by atoms with Crippen LogP contribution in [0.1, 0.15) is 0 Å². The van der Waals surface area contributed by atoms with E-state index in [0.717, 1.165) is 99.7 Å². The monoisotopic (exact) mass is 750 g/mol. The van der Waals surface area contributed by atoms with Crippen LogP contribution in [-0.4, -0.2) is 19.5 Å². The highest BCUT2D eigenvalue weighted by molar-refractivity contribution is 6.19. The Hall–Kier alpha value is -7.95. The highest BCUT2D eigenvalue weighted by Gasteiger charge is 2.18. The number of rotatable bonds is 5. The van der Waals surface area contributed by atoms with Gasteiger partial charge in [-0.15, -0.1) is 0 Å². The number of nitrogens with zero attached hydrogens (tertiary/aromatic N) is 4. The molecule has 12 rings (SSSR count). The average molecular weight is 751 g/mol. The quantitative estimate of drug-likeness (QED) is 0.165. The molecule has 0 aliphatic rings. The molecule has 59 heavy (non-hydrogen) atoms. The number of hydrogen-bond donors (Lipinski definition) is 0. The van der Waals surface area contributed by atoms with Gasteiger partial charge in [0.1, 0.15) is 0 Å². The number of pyridine rings is 3. The van der Waals surface area contributed by atoms with Crippen LogP contribution in [0, 0.1) is 0 Å². The van der Waals surface area contributed by atoms with Gasteiger partial charge in [-0.25, -0.2) is 15.0 Å². The lowest BCUT2D eigenvalue weighted by Crippen LogP contribution is -1.94. The largest absolute Gasteiger partial charge is 0.309 e.